The fourth-order valence-electron chi connectivity index (χ4n) is 4.31. The molecule has 8 nitrogen and oxygen atoms in total. The standard InChI is InChI=1S/C26H23N5O3/c1-18-16-22(8-10-24(18)31(33)34)26(32)30-14-12-29(13-15-30)25-11-9-23(27-28-25)21-7-6-19-4-2-3-5-20(19)17-21/h2-11,16-17H,12-15H2,1H3. The largest absolute Gasteiger partial charge is 0.352 e. The minimum Gasteiger partial charge on any atom is -0.352 e. The maximum absolute atomic E-state index is 12.9. The molecule has 0 radical (unpaired) electrons. The molecule has 1 aliphatic heterocycles. The number of amides is 1. The van der Waals surface area contributed by atoms with E-state index < -0.39 is 4.92 Å². The molecule has 0 bridgehead atoms. The highest BCUT2D eigenvalue weighted by molar-refractivity contribution is 5.95. The molecular weight excluding hydrogens is 430 g/mol. The van der Waals surface area contributed by atoms with Crippen LogP contribution in [0, 0.1) is 17.0 Å². The van der Waals surface area contributed by atoms with Gasteiger partial charge in [0.2, 0.25) is 0 Å². The zero-order chi connectivity index (χ0) is 23.7. The highest BCUT2D eigenvalue weighted by Crippen LogP contribution is 2.24. The van der Waals surface area contributed by atoms with Crippen LogP contribution in [0.1, 0.15) is 15.9 Å². The SMILES string of the molecule is Cc1cc(C(=O)N2CCN(c3ccc(-c4ccc5ccccc5c4)nn3)CC2)ccc1[N+](=O)[O-]. The number of hydrogen-bond acceptors (Lipinski definition) is 6. The van der Waals surface area contributed by atoms with Crippen molar-refractivity contribution in [3.8, 4) is 11.3 Å². The van der Waals surface area contributed by atoms with E-state index in [9.17, 15) is 14.9 Å². The number of nitro benzene ring substituents is 1. The van der Waals surface area contributed by atoms with Gasteiger partial charge in [0, 0.05) is 48.9 Å². The summed E-state index contributed by atoms with van der Waals surface area (Å²) in [5, 5.41) is 22.2. The lowest BCUT2D eigenvalue weighted by Gasteiger charge is -2.35. The summed E-state index contributed by atoms with van der Waals surface area (Å²) in [4.78, 5) is 27.4. The molecule has 170 valence electrons. The van der Waals surface area contributed by atoms with Gasteiger partial charge in [0.25, 0.3) is 11.6 Å². The topological polar surface area (TPSA) is 92.5 Å². The molecule has 1 amide bonds. The van der Waals surface area contributed by atoms with Gasteiger partial charge >= 0.3 is 0 Å². The van der Waals surface area contributed by atoms with Gasteiger partial charge in [-0.05, 0) is 48.0 Å². The molecule has 0 unspecified atom stereocenters. The number of benzene rings is 3. The Balaban J connectivity index is 1.24. The normalized spacial score (nSPS) is 13.8. The van der Waals surface area contributed by atoms with Crippen LogP contribution in [-0.2, 0) is 0 Å². The number of anilines is 1. The van der Waals surface area contributed by atoms with E-state index in [1.165, 1.54) is 17.5 Å². The van der Waals surface area contributed by atoms with Crippen molar-refractivity contribution in [2.75, 3.05) is 31.1 Å². The maximum atomic E-state index is 12.9. The predicted octanol–water partition coefficient (Wildman–Crippen LogP) is 4.48. The number of nitro groups is 1. The van der Waals surface area contributed by atoms with E-state index in [1.807, 2.05) is 24.3 Å². The quantitative estimate of drug-likeness (QED) is 0.334. The van der Waals surface area contributed by atoms with Crippen molar-refractivity contribution in [2.24, 2.45) is 0 Å². The number of rotatable bonds is 4. The van der Waals surface area contributed by atoms with Crippen molar-refractivity contribution < 1.29 is 9.72 Å². The number of carbonyl (C=O) groups excluding carboxylic acids is 1. The summed E-state index contributed by atoms with van der Waals surface area (Å²) in [5.74, 6) is 0.665. The number of hydrogen-bond donors (Lipinski definition) is 0. The Kier molecular flexibility index (Phi) is 5.63. The van der Waals surface area contributed by atoms with Gasteiger partial charge in [0.15, 0.2) is 5.82 Å². The van der Waals surface area contributed by atoms with Crippen LogP contribution in [0.15, 0.2) is 72.8 Å². The van der Waals surface area contributed by atoms with Crippen LogP contribution in [0.5, 0.6) is 0 Å². The zero-order valence-corrected chi connectivity index (χ0v) is 18.7. The van der Waals surface area contributed by atoms with Gasteiger partial charge in [-0.3, -0.25) is 14.9 Å². The lowest BCUT2D eigenvalue weighted by molar-refractivity contribution is -0.385. The number of carbonyl (C=O) groups is 1. The van der Waals surface area contributed by atoms with Crippen LogP contribution in [0.4, 0.5) is 11.5 Å². The molecule has 8 heteroatoms. The predicted molar refractivity (Wildman–Crippen MR) is 131 cm³/mol. The summed E-state index contributed by atoms with van der Waals surface area (Å²) in [6, 6.07) is 22.9. The minimum absolute atomic E-state index is 0.0204. The molecular formula is C26H23N5O3. The van der Waals surface area contributed by atoms with Crippen molar-refractivity contribution in [3.05, 3.63) is 94.0 Å². The second-order valence-electron chi connectivity index (χ2n) is 8.38. The fraction of sp³-hybridized carbons (Fsp3) is 0.192. The van der Waals surface area contributed by atoms with E-state index in [0.29, 0.717) is 37.3 Å². The molecule has 0 aliphatic carbocycles. The molecule has 0 saturated carbocycles. The molecule has 0 atom stereocenters. The second kappa shape index (κ2) is 8.90. The molecule has 5 rings (SSSR count). The van der Waals surface area contributed by atoms with Crippen molar-refractivity contribution >= 4 is 28.2 Å². The summed E-state index contributed by atoms with van der Waals surface area (Å²) in [6.45, 7) is 4.02. The van der Waals surface area contributed by atoms with E-state index >= 15 is 0 Å². The molecule has 1 fully saturated rings. The molecule has 4 aromatic rings. The average molecular weight is 454 g/mol. The number of piperazine rings is 1. The lowest BCUT2D eigenvalue weighted by atomic mass is 10.1. The smallest absolute Gasteiger partial charge is 0.272 e. The first kappa shape index (κ1) is 21.5. The number of aromatic nitrogens is 2. The van der Waals surface area contributed by atoms with E-state index in [0.717, 1.165) is 22.5 Å². The van der Waals surface area contributed by atoms with Crippen LogP contribution in [0.2, 0.25) is 0 Å². The van der Waals surface area contributed by atoms with Crippen LogP contribution in [0.3, 0.4) is 0 Å². The molecule has 3 aromatic carbocycles. The molecule has 1 aromatic heterocycles. The zero-order valence-electron chi connectivity index (χ0n) is 18.7. The molecule has 0 N–H and O–H groups in total. The van der Waals surface area contributed by atoms with Gasteiger partial charge < -0.3 is 9.80 Å². The van der Waals surface area contributed by atoms with Crippen LogP contribution in [-0.4, -0.2) is 52.1 Å². The van der Waals surface area contributed by atoms with Gasteiger partial charge in [-0.1, -0.05) is 36.4 Å². The van der Waals surface area contributed by atoms with Crippen molar-refractivity contribution in [3.63, 3.8) is 0 Å². The Hall–Kier alpha value is -4.33. The molecule has 1 saturated heterocycles. The van der Waals surface area contributed by atoms with Crippen LogP contribution < -0.4 is 4.90 Å². The monoisotopic (exact) mass is 453 g/mol. The maximum Gasteiger partial charge on any atom is 0.272 e. The van der Waals surface area contributed by atoms with Crippen molar-refractivity contribution in [1.29, 1.82) is 0 Å². The lowest BCUT2D eigenvalue weighted by Crippen LogP contribution is -2.49. The summed E-state index contributed by atoms with van der Waals surface area (Å²) in [5.41, 5.74) is 2.81. The highest BCUT2D eigenvalue weighted by Gasteiger charge is 2.24. The van der Waals surface area contributed by atoms with Gasteiger partial charge in [0.1, 0.15) is 0 Å². The average Bonchev–Trinajstić information content (AvgIpc) is 2.88. The Morgan fingerprint density at radius 3 is 2.32 bits per heavy atom. The summed E-state index contributed by atoms with van der Waals surface area (Å²) < 4.78 is 0. The number of fused-ring (bicyclic) bond motifs is 1. The Morgan fingerprint density at radius 1 is 0.882 bits per heavy atom. The Morgan fingerprint density at radius 2 is 1.65 bits per heavy atom. The number of nitrogens with zero attached hydrogens (tertiary/aromatic N) is 5. The number of aryl methyl sites for hydroxylation is 1. The van der Waals surface area contributed by atoms with E-state index in [4.69, 9.17) is 0 Å². The molecule has 0 spiro atoms. The fourth-order valence-corrected chi connectivity index (χ4v) is 4.31. The first-order valence-electron chi connectivity index (χ1n) is 11.1. The van der Waals surface area contributed by atoms with E-state index in [1.54, 1.807) is 17.9 Å². The summed E-state index contributed by atoms with van der Waals surface area (Å²) in [7, 11) is 0. The van der Waals surface area contributed by atoms with Gasteiger partial charge in [-0.2, -0.15) is 0 Å². The Bertz CT molecular complexity index is 1380. The van der Waals surface area contributed by atoms with Crippen molar-refractivity contribution in [1.82, 2.24) is 15.1 Å². The minimum atomic E-state index is -0.436. The third kappa shape index (κ3) is 4.17. The van der Waals surface area contributed by atoms with Crippen molar-refractivity contribution in [2.45, 2.75) is 6.92 Å². The third-order valence-electron chi connectivity index (χ3n) is 6.23. The highest BCUT2D eigenvalue weighted by atomic mass is 16.6. The molecule has 2 heterocycles. The third-order valence-corrected chi connectivity index (χ3v) is 6.23. The van der Waals surface area contributed by atoms with Gasteiger partial charge in [0.05, 0.1) is 10.6 Å². The first-order chi connectivity index (χ1) is 16.5. The van der Waals surface area contributed by atoms with Crippen LogP contribution in [0.25, 0.3) is 22.0 Å². The molecule has 34 heavy (non-hydrogen) atoms. The van der Waals surface area contributed by atoms with Gasteiger partial charge in [-0.25, -0.2) is 0 Å². The summed E-state index contributed by atoms with van der Waals surface area (Å²) in [6.07, 6.45) is 0. The van der Waals surface area contributed by atoms with E-state index in [2.05, 4.69) is 45.4 Å². The van der Waals surface area contributed by atoms with Gasteiger partial charge in [-0.15, -0.1) is 10.2 Å². The Labute approximate surface area is 196 Å². The second-order valence-corrected chi connectivity index (χ2v) is 8.38. The summed E-state index contributed by atoms with van der Waals surface area (Å²) >= 11 is 0. The van der Waals surface area contributed by atoms with E-state index in [-0.39, 0.29) is 11.6 Å². The van der Waals surface area contributed by atoms with Crippen LogP contribution >= 0.6 is 0 Å². The molecule has 1 aliphatic rings. The first-order valence-corrected chi connectivity index (χ1v) is 11.1.